The minimum absolute atomic E-state index is 0.0289. The number of hydrogen-bond acceptors (Lipinski definition) is 7. The molecule has 2 aliphatic heterocycles. The zero-order valence-corrected chi connectivity index (χ0v) is 22.5. The van der Waals surface area contributed by atoms with Crippen molar-refractivity contribution >= 4 is 29.0 Å². The average molecular weight is 521 g/mol. The Morgan fingerprint density at radius 2 is 2.00 bits per heavy atom. The molecule has 0 saturated carbocycles. The van der Waals surface area contributed by atoms with Crippen molar-refractivity contribution < 1.29 is 14.7 Å². The number of rotatable bonds is 6. The molecule has 2 aromatic heterocycles. The predicted octanol–water partition coefficient (Wildman–Crippen LogP) is 3.00. The van der Waals surface area contributed by atoms with Crippen LogP contribution in [0.4, 0.5) is 0 Å². The maximum atomic E-state index is 13.8. The second-order valence-corrected chi connectivity index (χ2v) is 11.3. The van der Waals surface area contributed by atoms with Crippen LogP contribution in [0, 0.1) is 12.8 Å². The fraction of sp³-hybridized carbons (Fsp3) is 0.444. The smallest absolute Gasteiger partial charge is 0.277 e. The maximum Gasteiger partial charge on any atom is 0.277 e. The fourth-order valence-corrected chi connectivity index (χ4v) is 6.17. The Morgan fingerprint density at radius 1 is 1.27 bits per heavy atom. The van der Waals surface area contributed by atoms with Gasteiger partial charge in [0.15, 0.2) is 0 Å². The molecule has 2 aliphatic rings. The molecule has 5 rings (SSSR count). The topological polar surface area (TPSA) is 113 Å². The minimum atomic E-state index is -1.06. The highest BCUT2D eigenvalue weighted by Crippen LogP contribution is 2.35. The van der Waals surface area contributed by atoms with Crippen LogP contribution in [0.25, 0.3) is 10.4 Å². The summed E-state index contributed by atoms with van der Waals surface area (Å²) in [4.78, 5) is 38.5. The number of nitrogens with zero attached hydrogens (tertiary/aromatic N) is 5. The van der Waals surface area contributed by atoms with Crippen LogP contribution < -0.4 is 5.32 Å². The normalized spacial score (nSPS) is 24.5. The number of nitrogens with one attached hydrogen (secondary N) is 1. The molecule has 3 aromatic rings. The monoisotopic (exact) mass is 520 g/mol. The van der Waals surface area contributed by atoms with Crippen molar-refractivity contribution in [3.05, 3.63) is 59.0 Å². The van der Waals surface area contributed by atoms with Gasteiger partial charge in [0.2, 0.25) is 5.91 Å². The van der Waals surface area contributed by atoms with E-state index in [-0.39, 0.29) is 24.3 Å². The number of amidine groups is 1. The van der Waals surface area contributed by atoms with Gasteiger partial charge in [-0.05, 0) is 30.9 Å². The summed E-state index contributed by atoms with van der Waals surface area (Å²) >= 11 is 1.58. The number of aromatic nitrogens is 3. The highest BCUT2D eigenvalue weighted by atomic mass is 32.1. The summed E-state index contributed by atoms with van der Waals surface area (Å²) in [5.41, 5.74) is 4.41. The Kier molecular flexibility index (Phi) is 6.49. The molecule has 0 bridgehead atoms. The summed E-state index contributed by atoms with van der Waals surface area (Å²) in [5.74, 6) is -0.368. The molecule has 0 spiro atoms. The lowest BCUT2D eigenvalue weighted by Crippen LogP contribution is -2.51. The molecule has 37 heavy (non-hydrogen) atoms. The molecule has 0 aliphatic carbocycles. The first kappa shape index (κ1) is 25.3. The second-order valence-electron chi connectivity index (χ2n) is 10.5. The van der Waals surface area contributed by atoms with Crippen LogP contribution in [-0.2, 0) is 22.2 Å². The SMILES string of the molecule is Cc1ncsc1-c1ccc(C2(C)NC([C@@H]3C[C@@H](O)CN3C(=O)C(c3cnn(C)c3)C(C)C)=NC2=O)cc1. The highest BCUT2D eigenvalue weighted by molar-refractivity contribution is 7.13. The van der Waals surface area contributed by atoms with Gasteiger partial charge in [-0.15, -0.1) is 11.3 Å². The van der Waals surface area contributed by atoms with E-state index in [0.717, 1.165) is 27.3 Å². The van der Waals surface area contributed by atoms with E-state index in [4.69, 9.17) is 0 Å². The van der Waals surface area contributed by atoms with Gasteiger partial charge in [0.05, 0.1) is 40.3 Å². The summed E-state index contributed by atoms with van der Waals surface area (Å²) in [6.07, 6.45) is 3.20. The Bertz CT molecular complexity index is 1360. The van der Waals surface area contributed by atoms with E-state index in [1.165, 1.54) is 0 Å². The number of hydrogen-bond donors (Lipinski definition) is 2. The number of benzene rings is 1. The minimum Gasteiger partial charge on any atom is -0.391 e. The van der Waals surface area contributed by atoms with Gasteiger partial charge < -0.3 is 15.3 Å². The summed E-state index contributed by atoms with van der Waals surface area (Å²) in [6, 6.07) is 7.34. The van der Waals surface area contributed by atoms with Gasteiger partial charge in [0, 0.05) is 31.8 Å². The lowest BCUT2D eigenvalue weighted by Gasteiger charge is -2.31. The molecule has 4 heterocycles. The number of carbonyl (C=O) groups is 2. The zero-order chi connectivity index (χ0) is 26.5. The third-order valence-electron chi connectivity index (χ3n) is 7.39. The first-order valence-electron chi connectivity index (χ1n) is 12.5. The van der Waals surface area contributed by atoms with Gasteiger partial charge in [-0.1, -0.05) is 38.1 Å². The van der Waals surface area contributed by atoms with Crippen molar-refractivity contribution in [2.75, 3.05) is 6.54 Å². The third-order valence-corrected chi connectivity index (χ3v) is 8.37. The van der Waals surface area contributed by atoms with Crippen molar-refractivity contribution in [1.29, 1.82) is 0 Å². The van der Waals surface area contributed by atoms with Crippen molar-refractivity contribution in [1.82, 2.24) is 25.0 Å². The average Bonchev–Trinajstić information content (AvgIpc) is 3.62. The Labute approximate surface area is 220 Å². The summed E-state index contributed by atoms with van der Waals surface area (Å²) in [5, 5.41) is 18.1. The van der Waals surface area contributed by atoms with Gasteiger partial charge in [-0.2, -0.15) is 10.1 Å². The molecule has 1 aromatic carbocycles. The van der Waals surface area contributed by atoms with Crippen LogP contribution in [0.15, 0.2) is 47.2 Å². The van der Waals surface area contributed by atoms with Gasteiger partial charge >= 0.3 is 0 Å². The molecule has 2 N–H and O–H groups in total. The molecule has 2 unspecified atom stereocenters. The van der Waals surface area contributed by atoms with Crippen LogP contribution in [0.3, 0.4) is 0 Å². The lowest BCUT2D eigenvalue weighted by molar-refractivity contribution is -0.134. The number of amides is 2. The van der Waals surface area contributed by atoms with Crippen molar-refractivity contribution in [3.63, 3.8) is 0 Å². The molecule has 4 atom stereocenters. The second kappa shape index (κ2) is 9.50. The quantitative estimate of drug-likeness (QED) is 0.517. The lowest BCUT2D eigenvalue weighted by atomic mass is 9.88. The molecule has 1 fully saturated rings. The standard InChI is InChI=1S/C27H32N6O3S/c1-15(2)22(18-11-29-32(5)12-18)25(35)33-13-20(34)10-21(33)24-30-26(36)27(4,31-24)19-8-6-17(7-9-19)23-16(3)28-14-37-23/h6-9,11-12,14-15,20-22,34H,10,13H2,1-5H3,(H,30,31,36)/t20-,21+,22?,27?/m1/s1. The molecule has 0 radical (unpaired) electrons. The number of aliphatic hydroxyl groups excluding tert-OH is 1. The largest absolute Gasteiger partial charge is 0.391 e. The van der Waals surface area contributed by atoms with E-state index in [0.29, 0.717) is 12.3 Å². The van der Waals surface area contributed by atoms with Gasteiger partial charge in [0.25, 0.3) is 5.91 Å². The molecule has 9 nitrogen and oxygen atoms in total. The molecule has 1 saturated heterocycles. The number of β-amino-alcohol motifs (C(OH)–C–C–N with tert-alkyl or cyclic N) is 1. The molecular formula is C27H32N6O3S. The summed E-state index contributed by atoms with van der Waals surface area (Å²) in [7, 11) is 1.82. The Balaban J connectivity index is 1.39. The zero-order valence-electron chi connectivity index (χ0n) is 21.7. The molecule has 10 heteroatoms. The van der Waals surface area contributed by atoms with Gasteiger partial charge in [-0.25, -0.2) is 4.98 Å². The van der Waals surface area contributed by atoms with E-state index in [9.17, 15) is 14.7 Å². The highest BCUT2D eigenvalue weighted by Gasteiger charge is 2.48. The van der Waals surface area contributed by atoms with E-state index in [1.807, 2.05) is 70.7 Å². The van der Waals surface area contributed by atoms with Crippen LogP contribution in [0.1, 0.15) is 49.9 Å². The third kappa shape index (κ3) is 4.48. The first-order valence-corrected chi connectivity index (χ1v) is 13.4. The Morgan fingerprint density at radius 3 is 2.59 bits per heavy atom. The number of aliphatic imine (C=N–C) groups is 1. The summed E-state index contributed by atoms with van der Waals surface area (Å²) < 4.78 is 1.68. The fourth-order valence-electron chi connectivity index (χ4n) is 5.35. The van der Waals surface area contributed by atoms with Crippen molar-refractivity contribution in [3.8, 4) is 10.4 Å². The van der Waals surface area contributed by atoms with Gasteiger partial charge in [-0.3, -0.25) is 14.3 Å². The van der Waals surface area contributed by atoms with E-state index < -0.39 is 23.6 Å². The number of thiazole rings is 1. The summed E-state index contributed by atoms with van der Waals surface area (Å²) in [6.45, 7) is 7.98. The van der Waals surface area contributed by atoms with Crippen LogP contribution in [0.5, 0.6) is 0 Å². The van der Waals surface area contributed by atoms with Crippen LogP contribution in [0.2, 0.25) is 0 Å². The van der Waals surface area contributed by atoms with E-state index in [2.05, 4.69) is 20.4 Å². The molecule has 194 valence electrons. The predicted molar refractivity (Wildman–Crippen MR) is 142 cm³/mol. The molecule has 2 amide bonds. The van der Waals surface area contributed by atoms with Crippen LogP contribution >= 0.6 is 11.3 Å². The number of likely N-dealkylation sites (tertiary alicyclic amines) is 1. The van der Waals surface area contributed by atoms with E-state index >= 15 is 0 Å². The van der Waals surface area contributed by atoms with Gasteiger partial charge in [0.1, 0.15) is 11.4 Å². The first-order chi connectivity index (χ1) is 17.6. The molecular weight excluding hydrogens is 488 g/mol. The Hall–Kier alpha value is -3.37. The van der Waals surface area contributed by atoms with Crippen molar-refractivity contribution in [2.24, 2.45) is 18.0 Å². The number of aryl methyl sites for hydroxylation is 2. The number of aliphatic hydroxyl groups is 1. The number of carbonyl (C=O) groups excluding carboxylic acids is 2. The van der Waals surface area contributed by atoms with Crippen molar-refractivity contribution in [2.45, 2.75) is 57.7 Å². The maximum absolute atomic E-state index is 13.8. The van der Waals surface area contributed by atoms with E-state index in [1.54, 1.807) is 27.1 Å². The van der Waals surface area contributed by atoms with Crippen LogP contribution in [-0.4, -0.2) is 61.1 Å².